The van der Waals surface area contributed by atoms with Gasteiger partial charge in [0.05, 0.1) is 12.2 Å². The normalized spacial score (nSPS) is 10.3. The molecule has 0 aromatic heterocycles. The Morgan fingerprint density at radius 3 is 2.64 bits per heavy atom. The summed E-state index contributed by atoms with van der Waals surface area (Å²) in [6, 6.07) is 12.0. The second-order valence-corrected chi connectivity index (χ2v) is 5.68. The van der Waals surface area contributed by atoms with E-state index in [0.717, 1.165) is 12.8 Å². The van der Waals surface area contributed by atoms with Crippen LogP contribution in [0.5, 0.6) is 5.75 Å². The lowest BCUT2D eigenvalue weighted by Gasteiger charge is -2.12. The number of halogens is 2. The van der Waals surface area contributed by atoms with E-state index in [1.807, 2.05) is 0 Å². The van der Waals surface area contributed by atoms with Crippen molar-refractivity contribution in [2.45, 2.75) is 19.8 Å². The van der Waals surface area contributed by atoms with Crippen molar-refractivity contribution in [1.82, 2.24) is 0 Å². The number of carbonyl (C=O) groups excluding carboxylic acids is 1. The molecule has 3 nitrogen and oxygen atoms in total. The van der Waals surface area contributed by atoms with Gasteiger partial charge in [0.15, 0.2) is 0 Å². The summed E-state index contributed by atoms with van der Waals surface area (Å²) in [6.45, 7) is 2.65. The van der Waals surface area contributed by atoms with Crippen LogP contribution < -0.4 is 10.1 Å². The fraction of sp³-hybridized carbons (Fsp3) is 0.235. The zero-order chi connectivity index (χ0) is 15.9. The number of nitrogens with one attached hydrogen (secondary N) is 1. The third kappa shape index (κ3) is 4.65. The molecule has 0 fully saturated rings. The Balaban J connectivity index is 2.18. The van der Waals surface area contributed by atoms with Crippen molar-refractivity contribution in [1.29, 1.82) is 0 Å². The number of anilines is 1. The second kappa shape index (κ2) is 8.06. The molecule has 1 N–H and O–H groups in total. The van der Waals surface area contributed by atoms with E-state index in [1.54, 1.807) is 42.5 Å². The van der Waals surface area contributed by atoms with Crippen molar-refractivity contribution >= 4 is 34.8 Å². The Labute approximate surface area is 140 Å². The first-order valence-electron chi connectivity index (χ1n) is 7.09. The van der Waals surface area contributed by atoms with Crippen LogP contribution in [0, 0.1) is 0 Å². The standard InChI is InChI=1S/C17H17Cl2NO2/c1-2-3-9-22-16-8-7-13(19)11-15(16)17(21)20-14-6-4-5-12(18)10-14/h4-8,10-11H,2-3,9H2,1H3,(H,20,21). The van der Waals surface area contributed by atoms with Gasteiger partial charge in [0.2, 0.25) is 0 Å². The van der Waals surface area contributed by atoms with E-state index in [0.29, 0.717) is 33.7 Å². The quantitative estimate of drug-likeness (QED) is 0.714. The molecular formula is C17H17Cl2NO2. The molecular weight excluding hydrogens is 321 g/mol. The van der Waals surface area contributed by atoms with Gasteiger partial charge >= 0.3 is 0 Å². The maximum atomic E-state index is 12.4. The fourth-order valence-corrected chi connectivity index (χ4v) is 2.26. The predicted molar refractivity (Wildman–Crippen MR) is 91.3 cm³/mol. The van der Waals surface area contributed by atoms with Crippen LogP contribution in [0.1, 0.15) is 30.1 Å². The molecule has 0 spiro atoms. The Morgan fingerprint density at radius 1 is 1.14 bits per heavy atom. The fourth-order valence-electron chi connectivity index (χ4n) is 1.90. The summed E-state index contributed by atoms with van der Waals surface area (Å²) < 4.78 is 5.67. The maximum absolute atomic E-state index is 12.4. The maximum Gasteiger partial charge on any atom is 0.259 e. The highest BCUT2D eigenvalue weighted by Gasteiger charge is 2.14. The third-order valence-electron chi connectivity index (χ3n) is 3.02. The first kappa shape index (κ1) is 16.7. The molecule has 0 radical (unpaired) electrons. The average molecular weight is 338 g/mol. The SMILES string of the molecule is CCCCOc1ccc(Cl)cc1C(=O)Nc1cccc(Cl)c1. The van der Waals surface area contributed by atoms with E-state index in [-0.39, 0.29) is 5.91 Å². The lowest BCUT2D eigenvalue weighted by molar-refractivity contribution is 0.102. The van der Waals surface area contributed by atoms with E-state index in [4.69, 9.17) is 27.9 Å². The minimum absolute atomic E-state index is 0.281. The molecule has 0 aliphatic heterocycles. The summed E-state index contributed by atoms with van der Waals surface area (Å²) in [7, 11) is 0. The predicted octanol–water partition coefficient (Wildman–Crippen LogP) is 5.42. The molecule has 22 heavy (non-hydrogen) atoms. The molecule has 0 unspecified atom stereocenters. The summed E-state index contributed by atoms with van der Waals surface area (Å²) in [4.78, 5) is 12.4. The minimum Gasteiger partial charge on any atom is -0.493 e. The van der Waals surface area contributed by atoms with E-state index in [1.165, 1.54) is 0 Å². The van der Waals surface area contributed by atoms with Crippen LogP contribution in [-0.2, 0) is 0 Å². The monoisotopic (exact) mass is 337 g/mol. The molecule has 0 bridgehead atoms. The number of carbonyl (C=O) groups is 1. The van der Waals surface area contributed by atoms with Crippen LogP contribution in [0.3, 0.4) is 0 Å². The lowest BCUT2D eigenvalue weighted by atomic mass is 10.1. The van der Waals surface area contributed by atoms with Crippen LogP contribution in [0.25, 0.3) is 0 Å². The lowest BCUT2D eigenvalue weighted by Crippen LogP contribution is -2.14. The summed E-state index contributed by atoms with van der Waals surface area (Å²) in [5.41, 5.74) is 1.03. The summed E-state index contributed by atoms with van der Waals surface area (Å²) >= 11 is 11.9. The van der Waals surface area contributed by atoms with Gasteiger partial charge in [0.1, 0.15) is 5.75 Å². The molecule has 2 aromatic carbocycles. The van der Waals surface area contributed by atoms with Crippen molar-refractivity contribution in [2.75, 3.05) is 11.9 Å². The van der Waals surface area contributed by atoms with Crippen LogP contribution in [0.15, 0.2) is 42.5 Å². The molecule has 116 valence electrons. The number of amides is 1. The molecule has 0 heterocycles. The Bertz CT molecular complexity index is 659. The summed E-state index contributed by atoms with van der Waals surface area (Å²) in [5.74, 6) is 0.244. The molecule has 0 saturated heterocycles. The third-order valence-corrected chi connectivity index (χ3v) is 3.49. The number of hydrogen-bond acceptors (Lipinski definition) is 2. The van der Waals surface area contributed by atoms with Crippen LogP contribution in [-0.4, -0.2) is 12.5 Å². The van der Waals surface area contributed by atoms with E-state index in [2.05, 4.69) is 12.2 Å². The van der Waals surface area contributed by atoms with Gasteiger partial charge in [-0.25, -0.2) is 0 Å². The van der Waals surface area contributed by atoms with Crippen LogP contribution in [0.4, 0.5) is 5.69 Å². The van der Waals surface area contributed by atoms with E-state index in [9.17, 15) is 4.79 Å². The van der Waals surface area contributed by atoms with Gasteiger partial charge in [0.25, 0.3) is 5.91 Å². The second-order valence-electron chi connectivity index (χ2n) is 4.81. The largest absolute Gasteiger partial charge is 0.493 e. The molecule has 2 rings (SSSR count). The number of ether oxygens (including phenoxy) is 1. The smallest absolute Gasteiger partial charge is 0.259 e. The zero-order valence-corrected chi connectivity index (χ0v) is 13.7. The van der Waals surface area contributed by atoms with Gasteiger partial charge < -0.3 is 10.1 Å². The minimum atomic E-state index is -0.281. The highest BCUT2D eigenvalue weighted by atomic mass is 35.5. The zero-order valence-electron chi connectivity index (χ0n) is 12.2. The number of rotatable bonds is 6. The van der Waals surface area contributed by atoms with Gasteiger partial charge in [-0.1, -0.05) is 42.6 Å². The van der Waals surface area contributed by atoms with Gasteiger partial charge in [0, 0.05) is 15.7 Å². The molecule has 5 heteroatoms. The molecule has 2 aromatic rings. The molecule has 0 aliphatic rings. The average Bonchev–Trinajstić information content (AvgIpc) is 2.49. The van der Waals surface area contributed by atoms with Gasteiger partial charge in [-0.2, -0.15) is 0 Å². The first-order valence-corrected chi connectivity index (χ1v) is 7.85. The Morgan fingerprint density at radius 2 is 1.91 bits per heavy atom. The number of benzene rings is 2. The first-order chi connectivity index (χ1) is 10.6. The van der Waals surface area contributed by atoms with Gasteiger partial charge in [-0.3, -0.25) is 4.79 Å². The summed E-state index contributed by atoms with van der Waals surface area (Å²) in [6.07, 6.45) is 1.95. The molecule has 0 saturated carbocycles. The number of unbranched alkanes of at least 4 members (excludes halogenated alkanes) is 1. The van der Waals surface area contributed by atoms with Crippen molar-refractivity contribution in [2.24, 2.45) is 0 Å². The van der Waals surface area contributed by atoms with Crippen LogP contribution >= 0.6 is 23.2 Å². The van der Waals surface area contributed by atoms with Gasteiger partial charge in [-0.05, 0) is 42.8 Å². The van der Waals surface area contributed by atoms with Gasteiger partial charge in [-0.15, -0.1) is 0 Å². The van der Waals surface area contributed by atoms with Crippen molar-refractivity contribution in [3.8, 4) is 5.75 Å². The van der Waals surface area contributed by atoms with Crippen molar-refractivity contribution < 1.29 is 9.53 Å². The Kier molecular flexibility index (Phi) is 6.10. The molecule has 0 atom stereocenters. The molecule has 1 amide bonds. The molecule has 0 aliphatic carbocycles. The topological polar surface area (TPSA) is 38.3 Å². The summed E-state index contributed by atoms with van der Waals surface area (Å²) in [5, 5.41) is 3.84. The van der Waals surface area contributed by atoms with Crippen LogP contribution in [0.2, 0.25) is 10.0 Å². The van der Waals surface area contributed by atoms with Crippen molar-refractivity contribution in [3.63, 3.8) is 0 Å². The van der Waals surface area contributed by atoms with E-state index >= 15 is 0 Å². The van der Waals surface area contributed by atoms with E-state index < -0.39 is 0 Å². The van der Waals surface area contributed by atoms with Crippen molar-refractivity contribution in [3.05, 3.63) is 58.1 Å². The highest BCUT2D eigenvalue weighted by molar-refractivity contribution is 6.31. The Hall–Kier alpha value is -1.71. The number of hydrogen-bond donors (Lipinski definition) is 1. The highest BCUT2D eigenvalue weighted by Crippen LogP contribution is 2.25.